The van der Waals surface area contributed by atoms with Gasteiger partial charge in [-0.15, -0.1) is 0 Å². The Labute approximate surface area is 220 Å². The van der Waals surface area contributed by atoms with Gasteiger partial charge in [-0.2, -0.15) is 0 Å². The summed E-state index contributed by atoms with van der Waals surface area (Å²) in [4.78, 5) is 36.1. The maximum absolute atomic E-state index is 12.6. The van der Waals surface area contributed by atoms with Crippen LogP contribution >= 0.6 is 0 Å². The number of rotatable bonds is 5. The van der Waals surface area contributed by atoms with Crippen LogP contribution in [-0.4, -0.2) is 68.3 Å². The van der Waals surface area contributed by atoms with Gasteiger partial charge >= 0.3 is 0 Å². The average molecular weight is 502 g/mol. The number of imidazole rings is 1. The van der Waals surface area contributed by atoms with Gasteiger partial charge < -0.3 is 19.3 Å². The van der Waals surface area contributed by atoms with Crippen LogP contribution in [0.15, 0.2) is 42.1 Å². The van der Waals surface area contributed by atoms with E-state index in [9.17, 15) is 9.59 Å². The van der Waals surface area contributed by atoms with Crippen molar-refractivity contribution in [2.75, 3.05) is 26.2 Å². The smallest absolute Gasteiger partial charge is 0.222 e. The predicted octanol–water partition coefficient (Wildman–Crippen LogP) is 4.04. The van der Waals surface area contributed by atoms with Crippen LogP contribution < -0.4 is 0 Å². The second-order valence-electron chi connectivity index (χ2n) is 11.4. The van der Waals surface area contributed by atoms with E-state index in [-0.39, 0.29) is 11.8 Å². The normalized spacial score (nSPS) is 26.9. The highest BCUT2D eigenvalue weighted by molar-refractivity contribution is 5.76. The highest BCUT2D eigenvalue weighted by Gasteiger charge is 2.42. The lowest BCUT2D eigenvalue weighted by Gasteiger charge is -2.41. The molecule has 2 saturated heterocycles. The molecule has 2 fully saturated rings. The summed E-state index contributed by atoms with van der Waals surface area (Å²) in [7, 11) is 0. The minimum Gasteiger partial charge on any atom is -0.371 e. The first-order valence-corrected chi connectivity index (χ1v) is 14.0. The summed E-state index contributed by atoms with van der Waals surface area (Å²) in [5.74, 6) is 2.32. The van der Waals surface area contributed by atoms with Crippen LogP contribution in [0.3, 0.4) is 0 Å². The molecule has 7 heteroatoms. The van der Waals surface area contributed by atoms with Gasteiger partial charge in [0.05, 0.1) is 12.2 Å². The third kappa shape index (κ3) is 4.36. The number of benzene rings is 1. The zero-order chi connectivity index (χ0) is 25.7. The van der Waals surface area contributed by atoms with E-state index in [0.29, 0.717) is 36.9 Å². The van der Waals surface area contributed by atoms with Gasteiger partial charge in [0.2, 0.25) is 11.8 Å². The number of fused-ring (bicyclic) bond motifs is 3. The van der Waals surface area contributed by atoms with Crippen molar-refractivity contribution in [2.24, 2.45) is 5.92 Å². The molecule has 37 heavy (non-hydrogen) atoms. The van der Waals surface area contributed by atoms with E-state index in [2.05, 4.69) is 57.7 Å². The quantitative estimate of drug-likeness (QED) is 0.620. The molecule has 6 rings (SSSR count). The van der Waals surface area contributed by atoms with E-state index in [1.807, 2.05) is 11.8 Å². The second kappa shape index (κ2) is 9.66. The maximum Gasteiger partial charge on any atom is 0.222 e. The molecule has 0 radical (unpaired) electrons. The summed E-state index contributed by atoms with van der Waals surface area (Å²) in [6.45, 7) is 9.88. The molecule has 196 valence electrons. The summed E-state index contributed by atoms with van der Waals surface area (Å²) in [6.07, 6.45) is 7.20. The molecule has 4 aliphatic rings. The van der Waals surface area contributed by atoms with Crippen LogP contribution in [0.1, 0.15) is 74.3 Å². The number of piperidine rings is 1. The minimum atomic E-state index is 0.134. The average Bonchev–Trinajstić information content (AvgIpc) is 3.54. The topological polar surface area (TPSA) is 61.7 Å². The first-order valence-electron chi connectivity index (χ1n) is 14.0. The standard InChI is InChI=1S/C30H39N5O2/c1-4-30(37)33-16-23(27(18-33)22-8-6-5-7-9-22)17-34-24-10-11-25(34)15-26(14-24)35-20(2)31-28-19-32(21(3)36)13-12-29(28)35/h5-10,23,25-27H,4,11-19H2,1-3H3/t23-,25+,26?,27-/m1/s1. The molecule has 2 bridgehead atoms. The van der Waals surface area contributed by atoms with E-state index in [1.165, 1.54) is 17.0 Å². The van der Waals surface area contributed by atoms with E-state index < -0.39 is 0 Å². The molecule has 2 amide bonds. The number of carbonyl (C=O) groups excluding carboxylic acids is 2. The Balaban J connectivity index is 1.19. The van der Waals surface area contributed by atoms with E-state index in [1.54, 1.807) is 6.92 Å². The number of carbonyl (C=O) groups is 2. The first-order chi connectivity index (χ1) is 17.9. The van der Waals surface area contributed by atoms with Crippen molar-refractivity contribution in [2.45, 2.75) is 77.4 Å². The first kappa shape index (κ1) is 24.3. The van der Waals surface area contributed by atoms with Gasteiger partial charge in [0, 0.05) is 87.7 Å². The third-order valence-corrected chi connectivity index (χ3v) is 9.22. The minimum absolute atomic E-state index is 0.134. The number of allylic oxidation sites excluding steroid dienone is 1. The highest BCUT2D eigenvalue weighted by atomic mass is 16.2. The molecular weight excluding hydrogens is 462 g/mol. The highest BCUT2D eigenvalue weighted by Crippen LogP contribution is 2.44. The van der Waals surface area contributed by atoms with Crippen molar-refractivity contribution in [3.05, 3.63) is 64.9 Å². The summed E-state index contributed by atoms with van der Waals surface area (Å²) >= 11 is 0. The van der Waals surface area contributed by atoms with Crippen LogP contribution in [0, 0.1) is 12.8 Å². The van der Waals surface area contributed by atoms with Gasteiger partial charge in [-0.1, -0.05) is 43.3 Å². The van der Waals surface area contributed by atoms with Crippen molar-refractivity contribution in [1.29, 1.82) is 0 Å². The Bertz CT molecular complexity index is 1220. The molecule has 1 unspecified atom stereocenters. The molecule has 0 saturated carbocycles. The third-order valence-electron chi connectivity index (χ3n) is 9.22. The fourth-order valence-electron chi connectivity index (χ4n) is 7.38. The largest absolute Gasteiger partial charge is 0.371 e. The molecule has 0 aliphatic carbocycles. The number of hydrogen-bond donors (Lipinski definition) is 0. The summed E-state index contributed by atoms with van der Waals surface area (Å²) < 4.78 is 2.50. The summed E-state index contributed by atoms with van der Waals surface area (Å²) in [5.41, 5.74) is 5.24. The predicted molar refractivity (Wildman–Crippen MR) is 143 cm³/mol. The van der Waals surface area contributed by atoms with Gasteiger partial charge in [-0.3, -0.25) is 9.59 Å². The molecule has 7 nitrogen and oxygen atoms in total. The number of aryl methyl sites for hydroxylation is 1. The fourth-order valence-corrected chi connectivity index (χ4v) is 7.38. The van der Waals surface area contributed by atoms with Crippen LogP contribution in [-0.2, 0) is 22.6 Å². The Hall–Kier alpha value is -3.09. The van der Waals surface area contributed by atoms with Gasteiger partial charge in [-0.25, -0.2) is 4.98 Å². The molecule has 1 aromatic heterocycles. The van der Waals surface area contributed by atoms with Gasteiger partial charge in [0.25, 0.3) is 0 Å². The SMILES string of the molecule is CCC(=O)N1C[C@H](CN2C3=CC[C@H]2CC(n2c(C)nc4c2CCN(C(C)=O)C4)C3)[C@@H](c2ccccc2)C1. The Morgan fingerprint density at radius 2 is 1.89 bits per heavy atom. The van der Waals surface area contributed by atoms with Crippen molar-refractivity contribution in [3.63, 3.8) is 0 Å². The Kier molecular flexibility index (Phi) is 6.33. The van der Waals surface area contributed by atoms with E-state index in [0.717, 1.165) is 63.4 Å². The zero-order valence-electron chi connectivity index (χ0n) is 22.4. The molecule has 1 aromatic carbocycles. The fraction of sp³-hybridized carbons (Fsp3) is 0.567. The van der Waals surface area contributed by atoms with Crippen molar-refractivity contribution in [1.82, 2.24) is 24.3 Å². The molecule has 5 heterocycles. The van der Waals surface area contributed by atoms with Crippen LogP contribution in [0.4, 0.5) is 0 Å². The number of likely N-dealkylation sites (tertiary alicyclic amines) is 1. The lowest BCUT2D eigenvalue weighted by molar-refractivity contribution is -0.130. The molecule has 4 aliphatic heterocycles. The van der Waals surface area contributed by atoms with Gasteiger partial charge in [-0.05, 0) is 25.3 Å². The Morgan fingerprint density at radius 1 is 1.08 bits per heavy atom. The molecule has 4 atom stereocenters. The summed E-state index contributed by atoms with van der Waals surface area (Å²) in [6, 6.07) is 11.7. The van der Waals surface area contributed by atoms with Gasteiger partial charge in [0.15, 0.2) is 0 Å². The number of nitrogens with zero attached hydrogens (tertiary/aromatic N) is 5. The maximum atomic E-state index is 12.6. The number of amides is 2. The zero-order valence-corrected chi connectivity index (χ0v) is 22.4. The van der Waals surface area contributed by atoms with E-state index >= 15 is 0 Å². The molecule has 2 aromatic rings. The van der Waals surface area contributed by atoms with Gasteiger partial charge in [0.1, 0.15) is 5.82 Å². The molecular formula is C30H39N5O2. The molecule has 0 N–H and O–H groups in total. The lowest BCUT2D eigenvalue weighted by Crippen LogP contribution is -2.42. The summed E-state index contributed by atoms with van der Waals surface area (Å²) in [5, 5.41) is 0. The monoisotopic (exact) mass is 501 g/mol. The number of aromatic nitrogens is 2. The van der Waals surface area contributed by atoms with E-state index in [4.69, 9.17) is 4.98 Å². The molecule has 0 spiro atoms. The van der Waals surface area contributed by atoms with Crippen molar-refractivity contribution < 1.29 is 9.59 Å². The number of hydrogen-bond acceptors (Lipinski definition) is 4. The second-order valence-corrected chi connectivity index (χ2v) is 11.4. The van der Waals surface area contributed by atoms with Crippen molar-refractivity contribution >= 4 is 11.8 Å². The van der Waals surface area contributed by atoms with Crippen LogP contribution in [0.25, 0.3) is 0 Å². The van der Waals surface area contributed by atoms with Crippen LogP contribution in [0.2, 0.25) is 0 Å². The Morgan fingerprint density at radius 3 is 2.62 bits per heavy atom. The lowest BCUT2D eigenvalue weighted by atomic mass is 9.87. The van der Waals surface area contributed by atoms with Crippen LogP contribution in [0.5, 0.6) is 0 Å². The van der Waals surface area contributed by atoms with Crippen molar-refractivity contribution in [3.8, 4) is 0 Å².